The maximum absolute atomic E-state index is 11.9. The summed E-state index contributed by atoms with van der Waals surface area (Å²) in [5.41, 5.74) is 0. The fourth-order valence-corrected chi connectivity index (χ4v) is 2.72. The third kappa shape index (κ3) is 7.46. The molecule has 8 heteroatoms. The van der Waals surface area contributed by atoms with Gasteiger partial charge < -0.3 is 10.0 Å². The third-order valence-corrected chi connectivity index (χ3v) is 4.53. The van der Waals surface area contributed by atoms with Crippen molar-refractivity contribution in [2.45, 2.75) is 33.2 Å². The monoisotopic (exact) mass is 295 g/mol. The van der Waals surface area contributed by atoms with Crippen molar-refractivity contribution in [3.8, 4) is 0 Å². The van der Waals surface area contributed by atoms with Crippen LogP contribution in [0, 0.1) is 0 Å². The molecule has 7 nitrogen and oxygen atoms in total. The maximum Gasteiger partial charge on any atom is 0.304 e. The van der Waals surface area contributed by atoms with Gasteiger partial charge in [0.1, 0.15) is 0 Å². The summed E-state index contributed by atoms with van der Waals surface area (Å²) in [5.74, 6) is -1.02. The summed E-state index contributed by atoms with van der Waals surface area (Å²) in [6.07, 6.45) is -0.207. The lowest BCUT2D eigenvalue weighted by Crippen LogP contribution is -2.47. The highest BCUT2D eigenvalue weighted by molar-refractivity contribution is 7.87. The molecule has 0 rings (SSSR count). The molecule has 2 N–H and O–H groups in total. The fourth-order valence-electron chi connectivity index (χ4n) is 1.62. The van der Waals surface area contributed by atoms with Crippen LogP contribution in [0.5, 0.6) is 0 Å². The second-order valence-corrected chi connectivity index (χ2v) is 6.28. The van der Waals surface area contributed by atoms with E-state index in [1.54, 1.807) is 6.92 Å². The van der Waals surface area contributed by atoms with E-state index in [9.17, 15) is 13.2 Å². The van der Waals surface area contributed by atoms with E-state index in [0.29, 0.717) is 6.54 Å². The van der Waals surface area contributed by atoms with E-state index in [0.717, 1.165) is 17.4 Å². The van der Waals surface area contributed by atoms with Gasteiger partial charge in [0.15, 0.2) is 0 Å². The first kappa shape index (κ1) is 18.3. The molecule has 19 heavy (non-hydrogen) atoms. The number of carbonyl (C=O) groups is 1. The first-order valence-electron chi connectivity index (χ1n) is 6.40. The van der Waals surface area contributed by atoms with Crippen LogP contribution < -0.4 is 4.72 Å². The third-order valence-electron chi connectivity index (χ3n) is 2.83. The van der Waals surface area contributed by atoms with E-state index in [4.69, 9.17) is 5.11 Å². The molecule has 1 atom stereocenters. The minimum Gasteiger partial charge on any atom is -0.481 e. The normalized spacial score (nSPS) is 14.0. The van der Waals surface area contributed by atoms with Crippen molar-refractivity contribution in [3.63, 3.8) is 0 Å². The SMILES string of the molecule is CCN(CC)CC(C)NS(=O)(=O)N(C)CCC(=O)O. The number of likely N-dealkylation sites (N-methyl/N-ethyl adjacent to an activating group) is 1. The molecular formula is C11H25N3O4S. The molecule has 0 radical (unpaired) electrons. The second kappa shape index (κ2) is 8.47. The van der Waals surface area contributed by atoms with E-state index >= 15 is 0 Å². The van der Waals surface area contributed by atoms with Crippen LogP contribution in [-0.4, -0.2) is 68.0 Å². The first-order chi connectivity index (χ1) is 8.72. The van der Waals surface area contributed by atoms with Crippen LogP contribution in [0.15, 0.2) is 0 Å². The van der Waals surface area contributed by atoms with Gasteiger partial charge in [0.2, 0.25) is 0 Å². The number of carboxylic acids is 1. The molecule has 0 heterocycles. The molecule has 0 aliphatic carbocycles. The summed E-state index contributed by atoms with van der Waals surface area (Å²) < 4.78 is 27.4. The lowest BCUT2D eigenvalue weighted by molar-refractivity contribution is -0.137. The molecule has 114 valence electrons. The Hall–Kier alpha value is -0.700. The zero-order valence-corrected chi connectivity index (χ0v) is 12.9. The van der Waals surface area contributed by atoms with Crippen molar-refractivity contribution < 1.29 is 18.3 Å². The fraction of sp³-hybridized carbons (Fsp3) is 0.909. The van der Waals surface area contributed by atoms with E-state index in [2.05, 4.69) is 9.62 Å². The van der Waals surface area contributed by atoms with Gasteiger partial charge in [0.05, 0.1) is 6.42 Å². The van der Waals surface area contributed by atoms with Crippen molar-refractivity contribution in [2.75, 3.05) is 33.2 Å². The van der Waals surface area contributed by atoms with E-state index in [1.165, 1.54) is 7.05 Å². The lowest BCUT2D eigenvalue weighted by atomic mass is 10.3. The zero-order chi connectivity index (χ0) is 15.1. The average Bonchev–Trinajstić information content (AvgIpc) is 2.32. The van der Waals surface area contributed by atoms with Crippen LogP contribution in [0.3, 0.4) is 0 Å². The summed E-state index contributed by atoms with van der Waals surface area (Å²) in [5, 5.41) is 8.54. The van der Waals surface area contributed by atoms with Gasteiger partial charge in [-0.2, -0.15) is 17.4 Å². The molecule has 0 spiro atoms. The predicted molar refractivity (Wildman–Crippen MR) is 74.2 cm³/mol. The molecule has 0 aliphatic heterocycles. The molecule has 0 fully saturated rings. The number of carboxylic acid groups (broad SMARTS) is 1. The summed E-state index contributed by atoms with van der Waals surface area (Å²) >= 11 is 0. The Labute approximate surface area is 115 Å². The summed E-state index contributed by atoms with van der Waals surface area (Å²) in [6, 6.07) is -0.225. The Kier molecular flexibility index (Phi) is 8.15. The van der Waals surface area contributed by atoms with Crippen LogP contribution in [-0.2, 0) is 15.0 Å². The number of nitrogens with one attached hydrogen (secondary N) is 1. The molecule has 0 aliphatic rings. The second-order valence-electron chi connectivity index (χ2n) is 4.48. The molecule has 0 bridgehead atoms. The summed E-state index contributed by atoms with van der Waals surface area (Å²) in [7, 11) is -2.25. The molecule has 0 saturated heterocycles. The van der Waals surface area contributed by atoms with Crippen molar-refractivity contribution in [1.82, 2.24) is 13.9 Å². The van der Waals surface area contributed by atoms with Gasteiger partial charge in [-0.3, -0.25) is 4.79 Å². The van der Waals surface area contributed by atoms with Crippen LogP contribution in [0.1, 0.15) is 27.2 Å². The number of nitrogens with zero attached hydrogens (tertiary/aromatic N) is 2. The quantitative estimate of drug-likeness (QED) is 0.590. The van der Waals surface area contributed by atoms with Crippen LogP contribution in [0.25, 0.3) is 0 Å². The van der Waals surface area contributed by atoms with Gasteiger partial charge >= 0.3 is 5.97 Å². The summed E-state index contributed by atoms with van der Waals surface area (Å²) in [4.78, 5) is 12.5. The van der Waals surface area contributed by atoms with E-state index in [-0.39, 0.29) is 19.0 Å². The molecule has 1 unspecified atom stereocenters. The van der Waals surface area contributed by atoms with Crippen molar-refractivity contribution in [1.29, 1.82) is 0 Å². The van der Waals surface area contributed by atoms with Crippen LogP contribution in [0.2, 0.25) is 0 Å². The number of hydrogen-bond acceptors (Lipinski definition) is 4. The van der Waals surface area contributed by atoms with E-state index in [1.807, 2.05) is 13.8 Å². The standard InChI is InChI=1S/C11H25N3O4S/c1-5-14(6-2)9-10(3)12-19(17,18)13(4)8-7-11(15)16/h10,12H,5-9H2,1-4H3,(H,15,16). The van der Waals surface area contributed by atoms with E-state index < -0.39 is 16.2 Å². The Balaban J connectivity index is 4.38. The number of aliphatic carboxylic acids is 1. The Bertz CT molecular complexity index is 368. The molecule has 0 aromatic rings. The minimum atomic E-state index is -3.62. The smallest absolute Gasteiger partial charge is 0.304 e. The molecule has 0 amide bonds. The van der Waals surface area contributed by atoms with Gasteiger partial charge in [0, 0.05) is 26.2 Å². The molecular weight excluding hydrogens is 270 g/mol. The van der Waals surface area contributed by atoms with Gasteiger partial charge in [-0.25, -0.2) is 0 Å². The maximum atomic E-state index is 11.9. The minimum absolute atomic E-state index is 0.0390. The predicted octanol–water partition coefficient (Wildman–Crippen LogP) is -0.0424. The van der Waals surface area contributed by atoms with Crippen molar-refractivity contribution >= 4 is 16.2 Å². The van der Waals surface area contributed by atoms with Crippen LogP contribution in [0.4, 0.5) is 0 Å². The topological polar surface area (TPSA) is 90.0 Å². The Morgan fingerprint density at radius 3 is 2.26 bits per heavy atom. The van der Waals surface area contributed by atoms with Crippen LogP contribution >= 0.6 is 0 Å². The van der Waals surface area contributed by atoms with Crippen molar-refractivity contribution in [2.24, 2.45) is 0 Å². The van der Waals surface area contributed by atoms with Crippen molar-refractivity contribution in [3.05, 3.63) is 0 Å². The molecule has 0 saturated carbocycles. The first-order valence-corrected chi connectivity index (χ1v) is 7.84. The highest BCUT2D eigenvalue weighted by atomic mass is 32.2. The summed E-state index contributed by atoms with van der Waals surface area (Å²) in [6.45, 7) is 8.13. The highest BCUT2D eigenvalue weighted by Gasteiger charge is 2.21. The number of rotatable bonds is 10. The molecule has 0 aromatic carbocycles. The highest BCUT2D eigenvalue weighted by Crippen LogP contribution is 2.00. The van der Waals surface area contributed by atoms with Gasteiger partial charge in [-0.05, 0) is 20.0 Å². The zero-order valence-electron chi connectivity index (χ0n) is 12.1. The largest absolute Gasteiger partial charge is 0.481 e. The van der Waals surface area contributed by atoms with Gasteiger partial charge in [-0.1, -0.05) is 13.8 Å². The Morgan fingerprint density at radius 2 is 1.84 bits per heavy atom. The molecule has 0 aromatic heterocycles. The average molecular weight is 295 g/mol. The van der Waals surface area contributed by atoms with Gasteiger partial charge in [-0.15, -0.1) is 0 Å². The lowest BCUT2D eigenvalue weighted by Gasteiger charge is -2.25. The van der Waals surface area contributed by atoms with Gasteiger partial charge in [0.25, 0.3) is 10.2 Å². The Morgan fingerprint density at radius 1 is 1.32 bits per heavy atom. The number of hydrogen-bond donors (Lipinski definition) is 2.